The van der Waals surface area contributed by atoms with Gasteiger partial charge in [0, 0.05) is 39.1 Å². The quantitative estimate of drug-likeness (QED) is 0.189. The minimum Gasteiger partial charge on any atom is -0.309 e. The van der Waals surface area contributed by atoms with Gasteiger partial charge in [0.25, 0.3) is 0 Å². The number of benzene rings is 7. The Kier molecular flexibility index (Phi) is 5.92. The molecule has 7 aromatic carbocycles. The van der Waals surface area contributed by atoms with E-state index in [1.165, 1.54) is 65.9 Å². The van der Waals surface area contributed by atoms with Crippen molar-refractivity contribution in [3.05, 3.63) is 182 Å². The van der Waals surface area contributed by atoms with Crippen LogP contribution in [0.15, 0.2) is 182 Å². The van der Waals surface area contributed by atoms with E-state index in [9.17, 15) is 0 Å². The van der Waals surface area contributed by atoms with E-state index in [-0.39, 0.29) is 0 Å². The Hall–Kier alpha value is -6.91. The maximum absolute atomic E-state index is 4.73. The number of pyridine rings is 1. The van der Waals surface area contributed by atoms with Crippen molar-refractivity contribution in [1.29, 1.82) is 0 Å². The van der Waals surface area contributed by atoms with Gasteiger partial charge in [-0.3, -0.25) is 4.98 Å². The predicted octanol–water partition coefficient (Wildman–Crippen LogP) is 12.4. The van der Waals surface area contributed by atoms with E-state index >= 15 is 0 Å². The topological polar surface area (TPSA) is 26.0 Å². The van der Waals surface area contributed by atoms with Crippen LogP contribution < -0.4 is 4.90 Å². The van der Waals surface area contributed by atoms with Gasteiger partial charge in [0.2, 0.25) is 0 Å². The molecule has 1 aliphatic heterocycles. The molecular formula is C47H30N4. The largest absolute Gasteiger partial charge is 0.309 e. The SMILES string of the molecule is c1ccc(-c2cc(-c3ccccc3)cc(N3c4cnccc4-n4c5ccccc5c5cc(-n6c7ccccc7c7ccccc76)cc3c54)c2)cc1. The van der Waals surface area contributed by atoms with E-state index in [0.717, 1.165) is 28.4 Å². The molecule has 0 bridgehead atoms. The van der Waals surface area contributed by atoms with Gasteiger partial charge >= 0.3 is 0 Å². The number of anilines is 3. The molecule has 0 radical (unpaired) electrons. The fraction of sp³-hybridized carbons (Fsp3) is 0. The van der Waals surface area contributed by atoms with Gasteiger partial charge in [0.1, 0.15) is 0 Å². The number of nitrogens with zero attached hydrogens (tertiary/aromatic N) is 4. The molecule has 0 N–H and O–H groups in total. The highest BCUT2D eigenvalue weighted by atomic mass is 15.2. The summed E-state index contributed by atoms with van der Waals surface area (Å²) in [6.45, 7) is 0. The van der Waals surface area contributed by atoms with Crippen molar-refractivity contribution >= 4 is 60.7 Å². The summed E-state index contributed by atoms with van der Waals surface area (Å²) in [6, 6.07) is 61.5. The second-order valence-electron chi connectivity index (χ2n) is 13.3. The predicted molar refractivity (Wildman–Crippen MR) is 212 cm³/mol. The Morgan fingerprint density at radius 2 is 0.882 bits per heavy atom. The third-order valence-electron chi connectivity index (χ3n) is 10.5. The van der Waals surface area contributed by atoms with E-state index in [1.807, 2.05) is 12.4 Å². The van der Waals surface area contributed by atoms with E-state index < -0.39 is 0 Å². The summed E-state index contributed by atoms with van der Waals surface area (Å²) in [7, 11) is 0. The highest BCUT2D eigenvalue weighted by Crippen LogP contribution is 2.51. The van der Waals surface area contributed by atoms with Gasteiger partial charge in [-0.2, -0.15) is 0 Å². The second-order valence-corrected chi connectivity index (χ2v) is 13.3. The smallest absolute Gasteiger partial charge is 0.0888 e. The molecule has 0 saturated carbocycles. The summed E-state index contributed by atoms with van der Waals surface area (Å²) in [4.78, 5) is 7.16. The summed E-state index contributed by atoms with van der Waals surface area (Å²) in [6.07, 6.45) is 3.92. The van der Waals surface area contributed by atoms with Crippen LogP contribution in [0.25, 0.3) is 77.2 Å². The minimum atomic E-state index is 1.04. The lowest BCUT2D eigenvalue weighted by molar-refractivity contribution is 1.08. The van der Waals surface area contributed by atoms with Gasteiger partial charge in [-0.05, 0) is 76.9 Å². The molecule has 4 heterocycles. The average molecular weight is 651 g/mol. The molecule has 3 aromatic heterocycles. The summed E-state index contributed by atoms with van der Waals surface area (Å²) in [5, 5.41) is 4.94. The monoisotopic (exact) mass is 650 g/mol. The number of rotatable bonds is 4. The zero-order valence-electron chi connectivity index (χ0n) is 27.6. The average Bonchev–Trinajstić information content (AvgIpc) is 3.72. The van der Waals surface area contributed by atoms with Crippen LogP contribution >= 0.6 is 0 Å². The molecule has 0 fully saturated rings. The standard InChI is InChI=1S/C47H30N4/c1-3-13-31(14-4-1)33-25-34(32-15-5-2-6-16-32)27-35(26-33)50-45-29-36(49-41-20-10-7-17-37(41)38-18-8-11-21-42(38)49)28-40-39-19-9-12-22-43(39)51(47(40)45)44-23-24-48-30-46(44)50/h1-30H. The molecule has 0 aliphatic carbocycles. The van der Waals surface area contributed by atoms with Crippen molar-refractivity contribution in [2.75, 3.05) is 4.90 Å². The Labute approximate surface area is 294 Å². The van der Waals surface area contributed by atoms with Gasteiger partial charge in [-0.1, -0.05) is 115 Å². The molecule has 0 saturated heterocycles. The van der Waals surface area contributed by atoms with Crippen molar-refractivity contribution in [2.24, 2.45) is 0 Å². The molecule has 0 unspecified atom stereocenters. The Morgan fingerprint density at radius 1 is 0.353 bits per heavy atom. The fourth-order valence-corrected chi connectivity index (χ4v) is 8.29. The molecule has 4 heteroatoms. The van der Waals surface area contributed by atoms with Gasteiger partial charge in [-0.15, -0.1) is 0 Å². The van der Waals surface area contributed by atoms with Crippen molar-refractivity contribution < 1.29 is 0 Å². The number of aromatic nitrogens is 3. The number of hydrogen-bond acceptors (Lipinski definition) is 2. The normalized spacial score (nSPS) is 12.3. The van der Waals surface area contributed by atoms with Crippen LogP contribution in [0.4, 0.5) is 17.1 Å². The van der Waals surface area contributed by atoms with Crippen LogP contribution in [-0.2, 0) is 0 Å². The van der Waals surface area contributed by atoms with Gasteiger partial charge in [0.15, 0.2) is 0 Å². The second kappa shape index (κ2) is 10.8. The maximum Gasteiger partial charge on any atom is 0.0888 e. The third-order valence-corrected chi connectivity index (χ3v) is 10.5. The lowest BCUT2D eigenvalue weighted by Crippen LogP contribution is -2.19. The summed E-state index contributed by atoms with van der Waals surface area (Å²) >= 11 is 0. The maximum atomic E-state index is 4.73. The molecule has 0 spiro atoms. The molecule has 238 valence electrons. The first-order chi connectivity index (χ1) is 25.3. The van der Waals surface area contributed by atoms with Crippen LogP contribution in [0.3, 0.4) is 0 Å². The fourth-order valence-electron chi connectivity index (χ4n) is 8.29. The molecule has 0 amide bonds. The van der Waals surface area contributed by atoms with Gasteiger partial charge in [0.05, 0.1) is 45.3 Å². The van der Waals surface area contributed by atoms with E-state index in [4.69, 9.17) is 4.98 Å². The third kappa shape index (κ3) is 4.11. The first kappa shape index (κ1) is 28.0. The van der Waals surface area contributed by atoms with Crippen LogP contribution in [-0.4, -0.2) is 14.1 Å². The van der Waals surface area contributed by atoms with Crippen LogP contribution in [0.1, 0.15) is 0 Å². The molecule has 51 heavy (non-hydrogen) atoms. The highest BCUT2D eigenvalue weighted by Gasteiger charge is 2.30. The number of hydrogen-bond donors (Lipinski definition) is 0. The Bertz CT molecular complexity index is 2860. The van der Waals surface area contributed by atoms with Crippen LogP contribution in [0.2, 0.25) is 0 Å². The molecule has 10 aromatic rings. The van der Waals surface area contributed by atoms with Crippen molar-refractivity contribution in [2.45, 2.75) is 0 Å². The van der Waals surface area contributed by atoms with E-state index in [1.54, 1.807) is 0 Å². The van der Waals surface area contributed by atoms with Crippen LogP contribution in [0.5, 0.6) is 0 Å². The molecule has 4 nitrogen and oxygen atoms in total. The van der Waals surface area contributed by atoms with Crippen molar-refractivity contribution in [3.63, 3.8) is 0 Å². The molecule has 1 aliphatic rings. The summed E-state index contributed by atoms with van der Waals surface area (Å²) in [5.41, 5.74) is 14.9. The Morgan fingerprint density at radius 3 is 1.49 bits per heavy atom. The van der Waals surface area contributed by atoms with E-state index in [2.05, 4.69) is 184 Å². The van der Waals surface area contributed by atoms with E-state index in [0.29, 0.717) is 0 Å². The lowest BCUT2D eigenvalue weighted by atomic mass is 9.97. The number of para-hydroxylation sites is 3. The molecule has 11 rings (SSSR count). The van der Waals surface area contributed by atoms with Crippen molar-refractivity contribution in [3.8, 4) is 33.6 Å². The summed E-state index contributed by atoms with van der Waals surface area (Å²) in [5.74, 6) is 0. The zero-order chi connectivity index (χ0) is 33.5. The number of fused-ring (bicyclic) bond motifs is 8. The lowest BCUT2D eigenvalue weighted by Gasteiger charge is -2.33. The minimum absolute atomic E-state index is 1.04. The summed E-state index contributed by atoms with van der Waals surface area (Å²) < 4.78 is 4.86. The molecular weight excluding hydrogens is 621 g/mol. The van der Waals surface area contributed by atoms with Crippen LogP contribution in [0, 0.1) is 0 Å². The Balaban J connectivity index is 1.28. The first-order valence-electron chi connectivity index (χ1n) is 17.4. The van der Waals surface area contributed by atoms with Gasteiger partial charge < -0.3 is 14.0 Å². The zero-order valence-corrected chi connectivity index (χ0v) is 27.6. The molecule has 0 atom stereocenters. The van der Waals surface area contributed by atoms with Crippen molar-refractivity contribution in [1.82, 2.24) is 14.1 Å². The first-order valence-corrected chi connectivity index (χ1v) is 17.4. The highest BCUT2D eigenvalue weighted by molar-refractivity contribution is 6.18. The van der Waals surface area contributed by atoms with Gasteiger partial charge in [-0.25, -0.2) is 0 Å².